The van der Waals surface area contributed by atoms with Crippen LogP contribution in [0.25, 0.3) is 0 Å². The van der Waals surface area contributed by atoms with E-state index in [0.29, 0.717) is 5.95 Å². The molecule has 2 heterocycles. The molecule has 6 heteroatoms. The Labute approximate surface area is 113 Å². The predicted molar refractivity (Wildman–Crippen MR) is 76.3 cm³/mol. The lowest BCUT2D eigenvalue weighted by molar-refractivity contribution is 0.788. The van der Waals surface area contributed by atoms with Crippen molar-refractivity contribution in [2.24, 2.45) is 7.05 Å². The van der Waals surface area contributed by atoms with E-state index in [1.54, 1.807) is 0 Å². The van der Waals surface area contributed by atoms with E-state index >= 15 is 0 Å². The van der Waals surface area contributed by atoms with Gasteiger partial charge in [-0.05, 0) is 13.8 Å². The van der Waals surface area contributed by atoms with Crippen molar-refractivity contribution in [3.63, 3.8) is 0 Å². The van der Waals surface area contributed by atoms with Gasteiger partial charge in [-0.25, -0.2) is 9.97 Å². The molecule has 2 aromatic rings. The number of imidazole rings is 1. The van der Waals surface area contributed by atoms with E-state index < -0.39 is 0 Å². The Morgan fingerprint density at radius 1 is 1.26 bits per heavy atom. The highest BCUT2D eigenvalue weighted by Crippen LogP contribution is 2.12. The summed E-state index contributed by atoms with van der Waals surface area (Å²) in [6.07, 6.45) is 6.46. The molecule has 0 fully saturated rings. The van der Waals surface area contributed by atoms with Crippen molar-refractivity contribution >= 4 is 11.8 Å². The lowest BCUT2D eigenvalue weighted by Gasteiger charge is -2.10. The molecule has 0 bridgehead atoms. The third-order valence-corrected chi connectivity index (χ3v) is 2.87. The van der Waals surface area contributed by atoms with Crippen LogP contribution in [0.15, 0.2) is 18.6 Å². The van der Waals surface area contributed by atoms with E-state index in [1.807, 2.05) is 44.1 Å². The van der Waals surface area contributed by atoms with Gasteiger partial charge in [0.1, 0.15) is 11.6 Å². The zero-order chi connectivity index (χ0) is 13.7. The Morgan fingerprint density at radius 2 is 2.11 bits per heavy atom. The zero-order valence-electron chi connectivity index (χ0n) is 11.6. The number of nitrogens with one attached hydrogen (secondary N) is 2. The molecule has 102 valence electrons. The number of aryl methyl sites for hydroxylation is 2. The molecule has 0 aliphatic rings. The van der Waals surface area contributed by atoms with Crippen molar-refractivity contribution in [1.29, 1.82) is 0 Å². The van der Waals surface area contributed by atoms with Crippen LogP contribution in [0.5, 0.6) is 0 Å². The van der Waals surface area contributed by atoms with Gasteiger partial charge in [0.15, 0.2) is 0 Å². The fourth-order valence-corrected chi connectivity index (χ4v) is 1.79. The number of nitrogens with zero attached hydrogens (tertiary/aromatic N) is 4. The molecule has 0 amide bonds. The number of anilines is 2. The molecule has 0 saturated carbocycles. The highest BCUT2D eigenvalue weighted by Gasteiger charge is 2.04. The second-order valence-electron chi connectivity index (χ2n) is 4.39. The quantitative estimate of drug-likeness (QED) is 0.826. The molecule has 0 unspecified atom stereocenters. The van der Waals surface area contributed by atoms with Gasteiger partial charge in [0, 0.05) is 50.7 Å². The van der Waals surface area contributed by atoms with Crippen LogP contribution in [0.3, 0.4) is 0 Å². The van der Waals surface area contributed by atoms with Gasteiger partial charge in [0.2, 0.25) is 5.95 Å². The van der Waals surface area contributed by atoms with E-state index in [4.69, 9.17) is 0 Å². The van der Waals surface area contributed by atoms with E-state index in [0.717, 1.165) is 36.7 Å². The van der Waals surface area contributed by atoms with Gasteiger partial charge in [0.05, 0.1) is 0 Å². The molecule has 2 aromatic heterocycles. The van der Waals surface area contributed by atoms with Gasteiger partial charge < -0.3 is 15.2 Å². The van der Waals surface area contributed by atoms with Crippen LogP contribution in [-0.2, 0) is 13.5 Å². The third-order valence-electron chi connectivity index (χ3n) is 2.87. The van der Waals surface area contributed by atoms with E-state index in [-0.39, 0.29) is 0 Å². The lowest BCUT2D eigenvalue weighted by Crippen LogP contribution is -2.12. The topological polar surface area (TPSA) is 67.7 Å². The molecule has 0 aliphatic heterocycles. The first kappa shape index (κ1) is 13.3. The van der Waals surface area contributed by atoms with Crippen molar-refractivity contribution in [3.8, 4) is 0 Å². The fraction of sp³-hybridized carbons (Fsp3) is 0.462. The summed E-state index contributed by atoms with van der Waals surface area (Å²) in [5.41, 5.74) is 1.04. The lowest BCUT2D eigenvalue weighted by atomic mass is 10.3. The van der Waals surface area contributed by atoms with Crippen LogP contribution in [0.4, 0.5) is 11.8 Å². The maximum absolute atomic E-state index is 4.44. The maximum atomic E-state index is 4.44. The summed E-state index contributed by atoms with van der Waals surface area (Å²) in [4.78, 5) is 13.0. The van der Waals surface area contributed by atoms with Crippen molar-refractivity contribution in [1.82, 2.24) is 19.5 Å². The minimum atomic E-state index is 0.660. The Bertz CT molecular complexity index is 534. The molecule has 0 spiro atoms. The molecule has 2 N–H and O–H groups in total. The molecule has 0 radical (unpaired) electrons. The first-order valence-corrected chi connectivity index (χ1v) is 6.48. The summed E-state index contributed by atoms with van der Waals surface area (Å²) < 4.78 is 2.03. The fourth-order valence-electron chi connectivity index (χ4n) is 1.79. The molecule has 0 saturated heterocycles. The van der Waals surface area contributed by atoms with Crippen LogP contribution < -0.4 is 10.6 Å². The normalized spacial score (nSPS) is 10.5. The van der Waals surface area contributed by atoms with Crippen molar-refractivity contribution in [2.75, 3.05) is 23.7 Å². The molecular formula is C13H20N6. The van der Waals surface area contributed by atoms with Gasteiger partial charge in [-0.15, -0.1) is 0 Å². The molecule has 0 aromatic carbocycles. The third kappa shape index (κ3) is 3.43. The van der Waals surface area contributed by atoms with E-state index in [1.165, 1.54) is 0 Å². The first-order valence-electron chi connectivity index (χ1n) is 6.48. The standard InChI is InChI=1S/C13H20N6/c1-4-14-13-17-9-10(2)12(18-13)16-6-5-11-15-7-8-19(11)3/h7-9H,4-6H2,1-3H3,(H2,14,16,17,18). The molecule has 0 atom stereocenters. The molecule has 2 rings (SSSR count). The molecule has 19 heavy (non-hydrogen) atoms. The number of rotatable bonds is 6. The minimum Gasteiger partial charge on any atom is -0.369 e. The first-order chi connectivity index (χ1) is 9.20. The smallest absolute Gasteiger partial charge is 0.224 e. The average molecular weight is 260 g/mol. The minimum absolute atomic E-state index is 0.660. The summed E-state index contributed by atoms with van der Waals surface area (Å²) >= 11 is 0. The van der Waals surface area contributed by atoms with Gasteiger partial charge in [-0.2, -0.15) is 4.98 Å². The number of hydrogen-bond acceptors (Lipinski definition) is 5. The molecule has 6 nitrogen and oxygen atoms in total. The van der Waals surface area contributed by atoms with Gasteiger partial charge >= 0.3 is 0 Å². The summed E-state index contributed by atoms with van der Waals surface area (Å²) in [5.74, 6) is 2.60. The Kier molecular flexibility index (Phi) is 4.33. The largest absolute Gasteiger partial charge is 0.369 e. The highest BCUT2D eigenvalue weighted by atomic mass is 15.1. The highest BCUT2D eigenvalue weighted by molar-refractivity contribution is 5.46. The van der Waals surface area contributed by atoms with Crippen LogP contribution in [0.1, 0.15) is 18.3 Å². The number of aromatic nitrogens is 4. The molecule has 0 aliphatic carbocycles. The van der Waals surface area contributed by atoms with Crippen LogP contribution in [0.2, 0.25) is 0 Å². The van der Waals surface area contributed by atoms with Crippen LogP contribution in [0, 0.1) is 6.92 Å². The van der Waals surface area contributed by atoms with Crippen LogP contribution >= 0.6 is 0 Å². The van der Waals surface area contributed by atoms with Crippen molar-refractivity contribution < 1.29 is 0 Å². The van der Waals surface area contributed by atoms with Crippen molar-refractivity contribution in [2.45, 2.75) is 20.3 Å². The monoisotopic (exact) mass is 260 g/mol. The van der Waals surface area contributed by atoms with Gasteiger partial charge in [-0.1, -0.05) is 0 Å². The van der Waals surface area contributed by atoms with Crippen molar-refractivity contribution in [3.05, 3.63) is 30.0 Å². The Hall–Kier alpha value is -2.11. The summed E-state index contributed by atoms with van der Waals surface area (Å²) in [6.45, 7) is 5.64. The maximum Gasteiger partial charge on any atom is 0.224 e. The van der Waals surface area contributed by atoms with Gasteiger partial charge in [0.25, 0.3) is 0 Å². The second-order valence-corrected chi connectivity index (χ2v) is 4.39. The SMILES string of the molecule is CCNc1ncc(C)c(NCCc2nccn2C)n1. The summed E-state index contributed by atoms with van der Waals surface area (Å²) in [7, 11) is 2.00. The summed E-state index contributed by atoms with van der Waals surface area (Å²) in [5, 5.41) is 6.44. The van der Waals surface area contributed by atoms with E-state index in [2.05, 4.69) is 25.6 Å². The average Bonchev–Trinajstić information content (AvgIpc) is 2.79. The van der Waals surface area contributed by atoms with Crippen LogP contribution in [-0.4, -0.2) is 32.6 Å². The second kappa shape index (κ2) is 6.17. The Balaban J connectivity index is 1.95. The zero-order valence-corrected chi connectivity index (χ0v) is 11.6. The summed E-state index contributed by atoms with van der Waals surface area (Å²) in [6, 6.07) is 0. The van der Waals surface area contributed by atoms with E-state index in [9.17, 15) is 0 Å². The molecular weight excluding hydrogens is 240 g/mol. The van der Waals surface area contributed by atoms with Gasteiger partial charge in [-0.3, -0.25) is 0 Å². The Morgan fingerprint density at radius 3 is 2.79 bits per heavy atom. The predicted octanol–water partition coefficient (Wildman–Crippen LogP) is 1.60. The number of hydrogen-bond donors (Lipinski definition) is 2.